The van der Waals surface area contributed by atoms with Crippen molar-refractivity contribution >= 4 is 0 Å². The summed E-state index contributed by atoms with van der Waals surface area (Å²) in [6, 6.07) is 8.02. The van der Waals surface area contributed by atoms with Crippen LogP contribution in [0.25, 0.3) is 0 Å². The van der Waals surface area contributed by atoms with E-state index in [1.807, 2.05) is 18.2 Å². The number of hydrogen-bond donors (Lipinski definition) is 0. The van der Waals surface area contributed by atoms with E-state index in [9.17, 15) is 0 Å². The number of methoxy groups -OCH3 is 1. The second-order valence-electron chi connectivity index (χ2n) is 4.20. The van der Waals surface area contributed by atoms with Crippen LogP contribution in [0.3, 0.4) is 0 Å². The quantitative estimate of drug-likeness (QED) is 0.657. The van der Waals surface area contributed by atoms with Crippen LogP contribution >= 0.6 is 0 Å². The van der Waals surface area contributed by atoms with E-state index in [1.165, 1.54) is 12.8 Å². The third kappa shape index (κ3) is 4.67. The van der Waals surface area contributed by atoms with Crippen molar-refractivity contribution in [2.45, 2.75) is 39.0 Å². The Kier molecular flexibility index (Phi) is 6.71. The Morgan fingerprint density at radius 2 is 2.06 bits per heavy atom. The predicted molar refractivity (Wildman–Crippen MR) is 71.9 cm³/mol. The van der Waals surface area contributed by atoms with E-state index >= 15 is 0 Å². The van der Waals surface area contributed by atoms with E-state index in [2.05, 4.69) is 13.0 Å². The van der Waals surface area contributed by atoms with Gasteiger partial charge in [0.05, 0.1) is 19.8 Å². The molecule has 1 rings (SSSR count). The minimum atomic E-state index is 0.528. The molecule has 0 aliphatic carbocycles. The van der Waals surface area contributed by atoms with Crippen molar-refractivity contribution in [2.24, 2.45) is 0 Å². The van der Waals surface area contributed by atoms with Crippen LogP contribution in [0.15, 0.2) is 18.2 Å². The molecule has 0 aliphatic rings. The van der Waals surface area contributed by atoms with Gasteiger partial charge < -0.3 is 9.47 Å². The second-order valence-corrected chi connectivity index (χ2v) is 4.20. The summed E-state index contributed by atoms with van der Waals surface area (Å²) >= 11 is 0. The molecular formula is C15H21NO2. The van der Waals surface area contributed by atoms with E-state index in [-0.39, 0.29) is 0 Å². The molecule has 3 heteroatoms. The second kappa shape index (κ2) is 8.41. The fraction of sp³-hybridized carbons (Fsp3) is 0.533. The Balaban J connectivity index is 2.59. The van der Waals surface area contributed by atoms with Gasteiger partial charge in [0.15, 0.2) is 11.5 Å². The van der Waals surface area contributed by atoms with Gasteiger partial charge in [0, 0.05) is 6.42 Å². The van der Waals surface area contributed by atoms with E-state index < -0.39 is 0 Å². The molecule has 0 fully saturated rings. The highest BCUT2D eigenvalue weighted by Crippen LogP contribution is 2.28. The first-order chi connectivity index (χ1) is 8.81. The highest BCUT2D eigenvalue weighted by atomic mass is 16.5. The Hall–Kier alpha value is -1.69. The number of unbranched alkanes of at least 4 members (excludes halogenated alkanes) is 2. The number of aryl methyl sites for hydroxylation is 1. The van der Waals surface area contributed by atoms with Crippen LogP contribution in [-0.2, 0) is 6.42 Å². The van der Waals surface area contributed by atoms with Crippen molar-refractivity contribution in [3.63, 3.8) is 0 Å². The maximum atomic E-state index is 8.57. The first kappa shape index (κ1) is 14.4. The number of nitriles is 1. The summed E-state index contributed by atoms with van der Waals surface area (Å²) in [5.74, 6) is 1.54. The first-order valence-corrected chi connectivity index (χ1v) is 6.48. The normalized spacial score (nSPS) is 9.83. The lowest BCUT2D eigenvalue weighted by atomic mass is 10.1. The summed E-state index contributed by atoms with van der Waals surface area (Å²) in [6.07, 6.45) is 4.72. The van der Waals surface area contributed by atoms with Crippen molar-refractivity contribution in [3.05, 3.63) is 23.8 Å². The average molecular weight is 247 g/mol. The van der Waals surface area contributed by atoms with Gasteiger partial charge >= 0.3 is 0 Å². The van der Waals surface area contributed by atoms with Crippen LogP contribution in [0.1, 0.15) is 38.2 Å². The van der Waals surface area contributed by atoms with Gasteiger partial charge in [-0.15, -0.1) is 0 Å². The van der Waals surface area contributed by atoms with Gasteiger partial charge in [-0.1, -0.05) is 25.8 Å². The molecule has 0 atom stereocenters. The monoisotopic (exact) mass is 247 g/mol. The van der Waals surface area contributed by atoms with Crippen LogP contribution in [0.2, 0.25) is 0 Å². The molecule has 0 N–H and O–H groups in total. The van der Waals surface area contributed by atoms with Crippen molar-refractivity contribution in [1.82, 2.24) is 0 Å². The van der Waals surface area contributed by atoms with Gasteiger partial charge in [-0.3, -0.25) is 0 Å². The smallest absolute Gasteiger partial charge is 0.161 e. The summed E-state index contributed by atoms with van der Waals surface area (Å²) in [7, 11) is 1.64. The molecule has 3 nitrogen and oxygen atoms in total. The lowest BCUT2D eigenvalue weighted by Crippen LogP contribution is -1.99. The number of rotatable bonds is 8. The van der Waals surface area contributed by atoms with Gasteiger partial charge in [-0.05, 0) is 30.5 Å². The highest BCUT2D eigenvalue weighted by Gasteiger charge is 2.05. The zero-order valence-electron chi connectivity index (χ0n) is 11.2. The van der Waals surface area contributed by atoms with Gasteiger partial charge in [0.2, 0.25) is 0 Å². The molecule has 0 radical (unpaired) electrons. The van der Waals surface area contributed by atoms with Crippen LogP contribution in [0.4, 0.5) is 0 Å². The molecule has 0 unspecified atom stereocenters. The number of hydrogen-bond acceptors (Lipinski definition) is 3. The van der Waals surface area contributed by atoms with Gasteiger partial charge in [0.25, 0.3) is 0 Å². The summed E-state index contributed by atoms with van der Waals surface area (Å²) in [5.41, 5.74) is 1.11. The molecular weight excluding hydrogens is 226 g/mol. The number of benzene rings is 1. The minimum Gasteiger partial charge on any atom is -0.493 e. The highest BCUT2D eigenvalue weighted by molar-refractivity contribution is 5.43. The van der Waals surface area contributed by atoms with Gasteiger partial charge in [0.1, 0.15) is 0 Å². The lowest BCUT2D eigenvalue weighted by molar-refractivity contribution is 0.286. The summed E-state index contributed by atoms with van der Waals surface area (Å²) in [6.45, 7) is 2.90. The van der Waals surface area contributed by atoms with Crippen molar-refractivity contribution in [2.75, 3.05) is 13.7 Å². The van der Waals surface area contributed by atoms with E-state index in [1.54, 1.807) is 7.11 Å². The Bertz CT molecular complexity index is 396. The third-order valence-electron chi connectivity index (χ3n) is 2.76. The molecule has 18 heavy (non-hydrogen) atoms. The molecule has 0 saturated heterocycles. The van der Waals surface area contributed by atoms with Crippen molar-refractivity contribution in [1.29, 1.82) is 5.26 Å². The largest absolute Gasteiger partial charge is 0.493 e. The minimum absolute atomic E-state index is 0.528. The van der Waals surface area contributed by atoms with Crippen LogP contribution in [0.5, 0.6) is 11.5 Å². The van der Waals surface area contributed by atoms with Crippen LogP contribution in [0, 0.1) is 11.3 Å². The molecule has 0 saturated carbocycles. The summed E-state index contributed by atoms with van der Waals surface area (Å²) in [4.78, 5) is 0. The Labute approximate surface area is 109 Å². The Morgan fingerprint density at radius 1 is 1.22 bits per heavy atom. The molecule has 0 spiro atoms. The Morgan fingerprint density at radius 3 is 2.72 bits per heavy atom. The molecule has 1 aromatic carbocycles. The van der Waals surface area contributed by atoms with E-state index in [0.717, 1.165) is 36.5 Å². The van der Waals surface area contributed by atoms with Gasteiger partial charge in [-0.2, -0.15) is 5.26 Å². The van der Waals surface area contributed by atoms with E-state index in [4.69, 9.17) is 14.7 Å². The lowest BCUT2D eigenvalue weighted by Gasteiger charge is -2.11. The van der Waals surface area contributed by atoms with E-state index in [0.29, 0.717) is 6.42 Å². The third-order valence-corrected chi connectivity index (χ3v) is 2.76. The molecule has 0 amide bonds. The van der Waals surface area contributed by atoms with Crippen LogP contribution in [-0.4, -0.2) is 13.7 Å². The van der Waals surface area contributed by atoms with Crippen LogP contribution < -0.4 is 9.47 Å². The zero-order valence-corrected chi connectivity index (χ0v) is 11.2. The summed E-state index contributed by atoms with van der Waals surface area (Å²) in [5, 5.41) is 8.57. The fourth-order valence-corrected chi connectivity index (χ4v) is 1.72. The van der Waals surface area contributed by atoms with Gasteiger partial charge in [-0.25, -0.2) is 0 Å². The summed E-state index contributed by atoms with van der Waals surface area (Å²) < 4.78 is 11.0. The maximum Gasteiger partial charge on any atom is 0.161 e. The molecule has 0 heterocycles. The molecule has 0 bridgehead atoms. The standard InChI is InChI=1S/C15H21NO2/c1-3-4-5-11-18-14-9-8-13(7-6-10-16)12-15(14)17-2/h8-9,12H,3-7,11H2,1-2H3. The molecule has 98 valence electrons. The van der Waals surface area contributed by atoms with Crippen molar-refractivity contribution in [3.8, 4) is 17.6 Å². The number of nitrogens with zero attached hydrogens (tertiary/aromatic N) is 1. The fourth-order valence-electron chi connectivity index (χ4n) is 1.72. The molecule has 0 aliphatic heterocycles. The maximum absolute atomic E-state index is 8.57. The topological polar surface area (TPSA) is 42.2 Å². The first-order valence-electron chi connectivity index (χ1n) is 6.48. The SMILES string of the molecule is CCCCCOc1ccc(CCC#N)cc1OC. The molecule has 0 aromatic heterocycles. The molecule has 1 aromatic rings. The predicted octanol–water partition coefficient (Wildman–Crippen LogP) is 3.72. The average Bonchev–Trinajstić information content (AvgIpc) is 2.42. The zero-order chi connectivity index (χ0) is 13.2. The van der Waals surface area contributed by atoms with Crippen molar-refractivity contribution < 1.29 is 9.47 Å². The number of ether oxygens (including phenoxy) is 2.